The number of pyridine rings is 1. The Hall–Kier alpha value is -2.46. The Morgan fingerprint density at radius 3 is 2.74 bits per heavy atom. The summed E-state index contributed by atoms with van der Waals surface area (Å²) in [6, 6.07) is 14.8. The number of carbonyl (C=O) groups is 1. The van der Waals surface area contributed by atoms with Crippen molar-refractivity contribution < 1.29 is 13.6 Å². The third-order valence-electron chi connectivity index (χ3n) is 9.35. The molecule has 4 N–H and O–H groups in total. The van der Waals surface area contributed by atoms with Crippen LogP contribution >= 0.6 is 0 Å². The van der Waals surface area contributed by atoms with E-state index in [2.05, 4.69) is 26.5 Å². The summed E-state index contributed by atoms with van der Waals surface area (Å²) < 4.78 is 27.5. The lowest BCUT2D eigenvalue weighted by atomic mass is 9.86. The van der Waals surface area contributed by atoms with E-state index in [0.29, 0.717) is 25.2 Å². The molecule has 0 spiro atoms. The number of piperazine rings is 1. The fourth-order valence-electron chi connectivity index (χ4n) is 7.01. The van der Waals surface area contributed by atoms with E-state index >= 15 is 0 Å². The van der Waals surface area contributed by atoms with Gasteiger partial charge in [-0.25, -0.2) is 8.78 Å². The van der Waals surface area contributed by atoms with Gasteiger partial charge in [0.25, 0.3) is 0 Å². The summed E-state index contributed by atoms with van der Waals surface area (Å²) in [7, 11) is 0. The largest absolute Gasteiger partial charge is 0.348 e. The van der Waals surface area contributed by atoms with Crippen molar-refractivity contribution in [3.63, 3.8) is 0 Å². The number of carbonyl (C=O) groups excluding carboxylic acids is 1. The van der Waals surface area contributed by atoms with Crippen LogP contribution in [0.2, 0.25) is 0 Å². The molecule has 1 aromatic heterocycles. The van der Waals surface area contributed by atoms with E-state index < -0.39 is 5.92 Å². The highest BCUT2D eigenvalue weighted by molar-refractivity contribution is 5.79. The Bertz CT molecular complexity index is 1120. The molecule has 42 heavy (non-hydrogen) atoms. The van der Waals surface area contributed by atoms with Crippen molar-refractivity contribution in [3.05, 3.63) is 65.5 Å². The van der Waals surface area contributed by atoms with E-state index in [9.17, 15) is 13.6 Å². The number of alkyl halides is 2. The number of fused-ring (bicyclic) bond motifs is 1. The first-order chi connectivity index (χ1) is 20.4. The number of hydrogen-bond acceptors (Lipinski definition) is 6. The van der Waals surface area contributed by atoms with Crippen molar-refractivity contribution in [2.24, 2.45) is 11.7 Å². The van der Waals surface area contributed by atoms with Gasteiger partial charge in [-0.2, -0.15) is 0 Å². The molecule has 2 fully saturated rings. The van der Waals surface area contributed by atoms with E-state index in [4.69, 9.17) is 10.7 Å². The van der Waals surface area contributed by atoms with Gasteiger partial charge in [0.05, 0.1) is 17.8 Å². The predicted octanol–water partition coefficient (Wildman–Crippen LogP) is 4.46. The summed E-state index contributed by atoms with van der Waals surface area (Å²) in [5, 5.41) is 7.01. The second kappa shape index (κ2) is 14.8. The second-order valence-corrected chi connectivity index (χ2v) is 12.5. The fraction of sp³-hybridized carbons (Fsp3) is 0.636. The van der Waals surface area contributed by atoms with Crippen LogP contribution in [-0.4, -0.2) is 78.5 Å². The van der Waals surface area contributed by atoms with Crippen molar-refractivity contribution in [1.29, 1.82) is 0 Å². The van der Waals surface area contributed by atoms with Crippen LogP contribution in [0.5, 0.6) is 0 Å². The van der Waals surface area contributed by atoms with Gasteiger partial charge in [0, 0.05) is 63.7 Å². The van der Waals surface area contributed by atoms with E-state index in [-0.39, 0.29) is 43.6 Å². The molecule has 3 aliphatic rings. The number of hydrogen-bond donors (Lipinski definition) is 3. The zero-order valence-electron chi connectivity index (χ0n) is 24.8. The summed E-state index contributed by atoms with van der Waals surface area (Å²) in [4.78, 5) is 23.1. The molecule has 1 aromatic carbocycles. The van der Waals surface area contributed by atoms with Gasteiger partial charge in [0.15, 0.2) is 0 Å². The standard InChI is InChI=1S/C33H48F2N6O/c34-33(35)15-13-27(14-16-33)32(42)39-29(25-8-2-1-3-9-25)24-40-21-19-37-28(22-40)23-41(20-5-4-17-36)30-12-6-10-26-11-7-18-38-31(26)30/h1-3,7-9,11,18,27-30,37H,4-6,10,12-17,19-24,36H2,(H,39,42)/t28-,29+,30-/m0/s1. The highest BCUT2D eigenvalue weighted by atomic mass is 19.3. The highest BCUT2D eigenvalue weighted by Gasteiger charge is 2.38. The highest BCUT2D eigenvalue weighted by Crippen LogP contribution is 2.37. The van der Waals surface area contributed by atoms with E-state index in [1.165, 1.54) is 17.7 Å². The van der Waals surface area contributed by atoms with Gasteiger partial charge in [-0.1, -0.05) is 36.4 Å². The molecular weight excluding hydrogens is 534 g/mol. The number of aryl methyl sites for hydroxylation is 1. The SMILES string of the molecule is NCCCCN(C[C@@H]1CN(C[C@@H](NC(=O)C2CCC(F)(F)CC2)c2ccccc2)CCN1)[C@H]1CCCc2cccnc21. The lowest BCUT2D eigenvalue weighted by Gasteiger charge is -2.41. The number of aromatic nitrogens is 1. The minimum atomic E-state index is -2.64. The van der Waals surface area contributed by atoms with Crippen LogP contribution in [0.15, 0.2) is 48.7 Å². The van der Waals surface area contributed by atoms with Crippen LogP contribution in [0.25, 0.3) is 0 Å². The minimum absolute atomic E-state index is 0.0967. The summed E-state index contributed by atoms with van der Waals surface area (Å²) in [6.07, 6.45) is 7.49. The fourth-order valence-corrected chi connectivity index (χ4v) is 7.01. The number of nitrogens with one attached hydrogen (secondary N) is 2. The third kappa shape index (κ3) is 8.34. The molecule has 2 heterocycles. The molecule has 7 nitrogen and oxygen atoms in total. The molecule has 9 heteroatoms. The van der Waals surface area contributed by atoms with Crippen LogP contribution < -0.4 is 16.4 Å². The molecule has 3 atom stereocenters. The quantitative estimate of drug-likeness (QED) is 0.321. The number of nitrogens with zero attached hydrogens (tertiary/aromatic N) is 3. The first-order valence-corrected chi connectivity index (χ1v) is 16.0. The van der Waals surface area contributed by atoms with Crippen molar-refractivity contribution in [1.82, 2.24) is 25.4 Å². The topological polar surface area (TPSA) is 86.5 Å². The van der Waals surface area contributed by atoms with Crippen molar-refractivity contribution in [2.45, 2.75) is 81.8 Å². The maximum Gasteiger partial charge on any atom is 0.248 e. The number of nitrogens with two attached hydrogens (primary N) is 1. The molecule has 0 radical (unpaired) electrons. The molecule has 1 amide bonds. The first-order valence-electron chi connectivity index (χ1n) is 16.0. The van der Waals surface area contributed by atoms with Crippen LogP contribution in [0.4, 0.5) is 8.78 Å². The zero-order chi connectivity index (χ0) is 29.4. The average molecular weight is 583 g/mol. The summed E-state index contributed by atoms with van der Waals surface area (Å²) >= 11 is 0. The van der Waals surface area contributed by atoms with E-state index in [0.717, 1.165) is 64.0 Å². The maximum atomic E-state index is 13.7. The Labute approximate surface area is 249 Å². The second-order valence-electron chi connectivity index (χ2n) is 12.5. The maximum absolute atomic E-state index is 13.7. The van der Waals surface area contributed by atoms with Gasteiger partial charge in [-0.3, -0.25) is 19.6 Å². The van der Waals surface area contributed by atoms with Crippen LogP contribution in [0.3, 0.4) is 0 Å². The van der Waals surface area contributed by atoms with Gasteiger partial charge < -0.3 is 16.4 Å². The van der Waals surface area contributed by atoms with Gasteiger partial charge in [0.2, 0.25) is 11.8 Å². The third-order valence-corrected chi connectivity index (χ3v) is 9.35. The Kier molecular flexibility index (Phi) is 10.9. The summed E-state index contributed by atoms with van der Waals surface area (Å²) in [6.45, 7) is 5.99. The molecule has 1 saturated carbocycles. The van der Waals surface area contributed by atoms with E-state index in [1.807, 2.05) is 42.6 Å². The van der Waals surface area contributed by atoms with Crippen LogP contribution in [0.1, 0.15) is 80.3 Å². The van der Waals surface area contributed by atoms with Crippen LogP contribution in [0, 0.1) is 5.92 Å². The van der Waals surface area contributed by atoms with Gasteiger partial charge in [-0.05, 0) is 75.2 Å². The smallest absolute Gasteiger partial charge is 0.248 e. The molecular formula is C33H48F2N6O. The average Bonchev–Trinajstić information content (AvgIpc) is 3.00. The predicted molar refractivity (Wildman–Crippen MR) is 162 cm³/mol. The molecule has 2 aromatic rings. The lowest BCUT2D eigenvalue weighted by Crippen LogP contribution is -2.56. The van der Waals surface area contributed by atoms with Gasteiger partial charge in [0.1, 0.15) is 0 Å². The molecule has 2 aliphatic carbocycles. The van der Waals surface area contributed by atoms with Crippen molar-refractivity contribution >= 4 is 5.91 Å². The number of amides is 1. The normalized spacial score (nSPS) is 23.8. The minimum Gasteiger partial charge on any atom is -0.348 e. The Morgan fingerprint density at radius 1 is 1.14 bits per heavy atom. The molecule has 5 rings (SSSR count). The van der Waals surface area contributed by atoms with Crippen molar-refractivity contribution in [2.75, 3.05) is 45.8 Å². The van der Waals surface area contributed by atoms with Crippen LogP contribution in [-0.2, 0) is 11.2 Å². The monoisotopic (exact) mass is 582 g/mol. The number of benzene rings is 1. The molecule has 1 aliphatic heterocycles. The number of unbranched alkanes of at least 4 members (excludes halogenated alkanes) is 1. The van der Waals surface area contributed by atoms with Gasteiger partial charge >= 0.3 is 0 Å². The van der Waals surface area contributed by atoms with Crippen molar-refractivity contribution in [3.8, 4) is 0 Å². The molecule has 1 saturated heterocycles. The number of rotatable bonds is 12. The zero-order valence-corrected chi connectivity index (χ0v) is 24.8. The lowest BCUT2D eigenvalue weighted by molar-refractivity contribution is -0.130. The molecule has 0 bridgehead atoms. The molecule has 0 unspecified atom stereocenters. The van der Waals surface area contributed by atoms with Gasteiger partial charge in [-0.15, -0.1) is 0 Å². The number of halogens is 2. The molecule has 230 valence electrons. The Balaban J connectivity index is 1.24. The van der Waals surface area contributed by atoms with E-state index in [1.54, 1.807) is 0 Å². The first kappa shape index (κ1) is 31.0. The summed E-state index contributed by atoms with van der Waals surface area (Å²) in [5.74, 6) is -3.08. The summed E-state index contributed by atoms with van der Waals surface area (Å²) in [5.41, 5.74) is 9.51. The Morgan fingerprint density at radius 2 is 1.95 bits per heavy atom.